The molecule has 0 aromatic carbocycles. The Balaban J connectivity index is 1.98. The van der Waals surface area contributed by atoms with Crippen LogP contribution in [0.4, 0.5) is 0 Å². The summed E-state index contributed by atoms with van der Waals surface area (Å²) >= 11 is 1.91. The number of aromatic nitrogens is 2. The molecule has 2 aromatic rings. The molecule has 1 unspecified atom stereocenters. The van der Waals surface area contributed by atoms with Crippen LogP contribution in [-0.2, 0) is 19.9 Å². The van der Waals surface area contributed by atoms with Gasteiger partial charge in [-0.05, 0) is 49.8 Å². The van der Waals surface area contributed by atoms with E-state index in [0.29, 0.717) is 0 Å². The van der Waals surface area contributed by atoms with Crippen LogP contribution in [0.2, 0.25) is 0 Å². The van der Waals surface area contributed by atoms with E-state index in [2.05, 4.69) is 23.5 Å². The van der Waals surface area contributed by atoms with E-state index in [1.165, 1.54) is 48.1 Å². The first-order valence-electron chi connectivity index (χ1n) is 7.27. The highest BCUT2D eigenvalue weighted by molar-refractivity contribution is 7.12. The van der Waals surface area contributed by atoms with Crippen LogP contribution in [0.3, 0.4) is 0 Å². The van der Waals surface area contributed by atoms with E-state index < -0.39 is 0 Å². The minimum absolute atomic E-state index is 0.0411. The van der Waals surface area contributed by atoms with Gasteiger partial charge in [-0.2, -0.15) is 5.10 Å². The second kappa shape index (κ2) is 5.68. The Labute approximate surface area is 124 Å². The Hall–Kier alpha value is -1.17. The van der Waals surface area contributed by atoms with Crippen molar-refractivity contribution in [1.82, 2.24) is 15.2 Å². The second-order valence-electron chi connectivity index (χ2n) is 5.59. The summed E-state index contributed by atoms with van der Waals surface area (Å²) in [5.41, 5.74) is 6.84. The smallest absolute Gasteiger partial charge is 0.0972 e. The predicted octanol–water partition coefficient (Wildman–Crippen LogP) is 2.61. The summed E-state index contributed by atoms with van der Waals surface area (Å²) in [5, 5.41) is 4.33. The molecule has 2 heterocycles. The van der Waals surface area contributed by atoms with Gasteiger partial charge in [-0.3, -0.25) is 10.5 Å². The third-order valence-electron chi connectivity index (χ3n) is 4.17. The maximum atomic E-state index is 5.84. The number of hydrazine groups is 1. The lowest BCUT2D eigenvalue weighted by Gasteiger charge is -2.16. The van der Waals surface area contributed by atoms with E-state index in [1.54, 1.807) is 4.88 Å². The van der Waals surface area contributed by atoms with Crippen molar-refractivity contribution in [2.75, 3.05) is 0 Å². The van der Waals surface area contributed by atoms with Crippen LogP contribution in [0.1, 0.15) is 51.9 Å². The minimum atomic E-state index is 0.0411. The molecule has 20 heavy (non-hydrogen) atoms. The van der Waals surface area contributed by atoms with E-state index >= 15 is 0 Å². The molecule has 4 nitrogen and oxygen atoms in total. The number of thiophene rings is 1. The van der Waals surface area contributed by atoms with Crippen molar-refractivity contribution in [3.05, 3.63) is 38.8 Å². The predicted molar refractivity (Wildman–Crippen MR) is 82.7 cm³/mol. The summed E-state index contributed by atoms with van der Waals surface area (Å²) in [7, 11) is 1.98. The Morgan fingerprint density at radius 3 is 2.85 bits per heavy atom. The number of fused-ring (bicyclic) bond motifs is 1. The molecule has 0 aliphatic heterocycles. The first-order valence-corrected chi connectivity index (χ1v) is 8.08. The van der Waals surface area contributed by atoms with E-state index in [9.17, 15) is 0 Å². The summed E-state index contributed by atoms with van der Waals surface area (Å²) < 4.78 is 1.92. The molecule has 0 fully saturated rings. The van der Waals surface area contributed by atoms with Gasteiger partial charge in [-0.15, -0.1) is 11.3 Å². The lowest BCUT2D eigenvalue weighted by molar-refractivity contribution is 0.579. The SMILES string of the molecule is Cc1cnn(C)c1C(NN)c1cc2c(s1)CCCCC2. The molecule has 0 bridgehead atoms. The highest BCUT2D eigenvalue weighted by Gasteiger charge is 2.23. The topological polar surface area (TPSA) is 55.9 Å². The van der Waals surface area contributed by atoms with Crippen LogP contribution in [0.5, 0.6) is 0 Å². The lowest BCUT2D eigenvalue weighted by atomic mass is 10.1. The van der Waals surface area contributed by atoms with Crippen molar-refractivity contribution in [2.45, 2.75) is 45.1 Å². The van der Waals surface area contributed by atoms with Crippen molar-refractivity contribution in [1.29, 1.82) is 0 Å². The minimum Gasteiger partial charge on any atom is -0.270 e. The average molecular weight is 290 g/mol. The number of nitrogens with zero attached hydrogens (tertiary/aromatic N) is 2. The van der Waals surface area contributed by atoms with E-state index in [-0.39, 0.29) is 6.04 Å². The first-order chi connectivity index (χ1) is 9.70. The molecule has 0 amide bonds. The first kappa shape index (κ1) is 13.8. The van der Waals surface area contributed by atoms with E-state index in [0.717, 1.165) is 5.69 Å². The molecular weight excluding hydrogens is 268 g/mol. The summed E-state index contributed by atoms with van der Waals surface area (Å²) in [4.78, 5) is 2.86. The number of nitrogens with two attached hydrogens (primary N) is 1. The maximum Gasteiger partial charge on any atom is 0.0972 e. The zero-order valence-electron chi connectivity index (χ0n) is 12.1. The quantitative estimate of drug-likeness (QED) is 0.519. The Bertz CT molecular complexity index is 556. The van der Waals surface area contributed by atoms with Gasteiger partial charge in [-0.25, -0.2) is 5.43 Å². The van der Waals surface area contributed by atoms with Gasteiger partial charge in [0.15, 0.2) is 0 Å². The Morgan fingerprint density at radius 2 is 2.15 bits per heavy atom. The Morgan fingerprint density at radius 1 is 1.35 bits per heavy atom. The highest BCUT2D eigenvalue weighted by Crippen LogP contribution is 2.35. The molecule has 2 aromatic heterocycles. The van der Waals surface area contributed by atoms with E-state index in [4.69, 9.17) is 5.84 Å². The summed E-state index contributed by atoms with van der Waals surface area (Å²) in [5.74, 6) is 5.84. The zero-order valence-corrected chi connectivity index (χ0v) is 13.0. The highest BCUT2D eigenvalue weighted by atomic mass is 32.1. The van der Waals surface area contributed by atoms with Crippen LogP contribution in [-0.4, -0.2) is 9.78 Å². The summed E-state index contributed by atoms with van der Waals surface area (Å²) in [6.45, 7) is 2.09. The fourth-order valence-corrected chi connectivity index (χ4v) is 4.42. The largest absolute Gasteiger partial charge is 0.270 e. The van der Waals surface area contributed by atoms with Crippen LogP contribution in [0, 0.1) is 6.92 Å². The summed E-state index contributed by atoms with van der Waals surface area (Å²) in [6.07, 6.45) is 8.33. The Kier molecular flexibility index (Phi) is 3.92. The lowest BCUT2D eigenvalue weighted by Crippen LogP contribution is -2.30. The number of nitrogens with one attached hydrogen (secondary N) is 1. The van der Waals surface area contributed by atoms with E-state index in [1.807, 2.05) is 29.3 Å². The number of rotatable bonds is 3. The average Bonchev–Trinajstić information content (AvgIpc) is 2.90. The van der Waals surface area contributed by atoms with Gasteiger partial charge >= 0.3 is 0 Å². The van der Waals surface area contributed by atoms with Gasteiger partial charge in [0.1, 0.15) is 0 Å². The van der Waals surface area contributed by atoms with Crippen molar-refractivity contribution < 1.29 is 0 Å². The van der Waals surface area contributed by atoms with Crippen molar-refractivity contribution >= 4 is 11.3 Å². The van der Waals surface area contributed by atoms with Crippen molar-refractivity contribution in [3.63, 3.8) is 0 Å². The van der Waals surface area contributed by atoms with Gasteiger partial charge in [0.25, 0.3) is 0 Å². The monoisotopic (exact) mass is 290 g/mol. The molecule has 3 N–H and O–H groups in total. The van der Waals surface area contributed by atoms with Crippen LogP contribution >= 0.6 is 11.3 Å². The van der Waals surface area contributed by atoms with Gasteiger partial charge < -0.3 is 0 Å². The van der Waals surface area contributed by atoms with Gasteiger partial charge in [0, 0.05) is 16.8 Å². The number of hydrogen-bond acceptors (Lipinski definition) is 4. The third-order valence-corrected chi connectivity index (χ3v) is 5.47. The molecule has 3 rings (SSSR count). The second-order valence-corrected chi connectivity index (χ2v) is 6.76. The van der Waals surface area contributed by atoms with Gasteiger partial charge in [0.2, 0.25) is 0 Å². The number of hydrogen-bond donors (Lipinski definition) is 2. The molecular formula is C15H22N4S. The molecule has 0 radical (unpaired) electrons. The van der Waals surface area contributed by atoms with Gasteiger partial charge in [-0.1, -0.05) is 6.42 Å². The fraction of sp³-hybridized carbons (Fsp3) is 0.533. The van der Waals surface area contributed by atoms with Crippen LogP contribution in [0.25, 0.3) is 0 Å². The van der Waals surface area contributed by atoms with Crippen molar-refractivity contribution in [3.8, 4) is 0 Å². The van der Waals surface area contributed by atoms with Crippen molar-refractivity contribution in [2.24, 2.45) is 12.9 Å². The molecule has 1 aliphatic rings. The maximum absolute atomic E-state index is 5.84. The fourth-order valence-electron chi connectivity index (χ4n) is 3.10. The molecule has 5 heteroatoms. The molecule has 0 spiro atoms. The molecule has 1 atom stereocenters. The molecule has 108 valence electrons. The molecule has 0 saturated carbocycles. The van der Waals surface area contributed by atoms with Crippen LogP contribution in [0.15, 0.2) is 12.3 Å². The normalized spacial score (nSPS) is 16.8. The zero-order chi connectivity index (χ0) is 14.1. The molecule has 1 aliphatic carbocycles. The number of aryl methyl sites for hydroxylation is 4. The third kappa shape index (κ3) is 2.41. The summed E-state index contributed by atoms with van der Waals surface area (Å²) in [6, 6.07) is 2.39. The van der Waals surface area contributed by atoms with Crippen LogP contribution < -0.4 is 11.3 Å². The van der Waals surface area contributed by atoms with Gasteiger partial charge in [0.05, 0.1) is 17.9 Å². The standard InChI is InChI=1S/C15H22N4S/c1-10-9-17-19(2)15(10)14(18-16)13-8-11-6-4-3-5-7-12(11)20-13/h8-9,14,18H,3-7,16H2,1-2H3. The molecule has 0 saturated heterocycles.